The zero-order chi connectivity index (χ0) is 22.6. The lowest BCUT2D eigenvalue weighted by molar-refractivity contribution is -0.132. The molecule has 5 rings (SSSR count). The standard InChI is InChI=1S/C25H27N5O2S.2ClH/c31-23(29-12-5-11-28(14-15-29)13-10-19-6-2-1-3-7-19)18-27-25(32)21-16-20-17-26-22-8-4-9-24(33-21)30(20)22;;/h1-4,6-9,16-17H,5,10-15,18H2,(H,27,32);2*1H. The van der Waals surface area contributed by atoms with E-state index in [1.165, 1.54) is 17.3 Å². The van der Waals surface area contributed by atoms with Gasteiger partial charge in [-0.05, 0) is 43.2 Å². The fourth-order valence-electron chi connectivity index (χ4n) is 4.33. The van der Waals surface area contributed by atoms with Gasteiger partial charge in [0.05, 0.1) is 28.4 Å². The van der Waals surface area contributed by atoms with E-state index in [4.69, 9.17) is 0 Å². The Morgan fingerprint density at radius 3 is 2.63 bits per heavy atom. The number of nitrogens with zero attached hydrogens (tertiary/aromatic N) is 4. The maximum atomic E-state index is 12.8. The second-order valence-corrected chi connectivity index (χ2v) is 9.41. The summed E-state index contributed by atoms with van der Waals surface area (Å²) in [6.07, 6.45) is 5.56. The minimum absolute atomic E-state index is 0. The largest absolute Gasteiger partial charge is 0.343 e. The molecule has 0 saturated carbocycles. The summed E-state index contributed by atoms with van der Waals surface area (Å²) in [5, 5.41) is 3.77. The van der Waals surface area contributed by atoms with Crippen LogP contribution in [0.25, 0.3) is 11.7 Å². The van der Waals surface area contributed by atoms with E-state index in [2.05, 4.69) is 39.5 Å². The van der Waals surface area contributed by atoms with Crippen LogP contribution in [0.1, 0.15) is 17.7 Å². The van der Waals surface area contributed by atoms with Crippen molar-refractivity contribution in [2.75, 3.05) is 39.3 Å². The van der Waals surface area contributed by atoms with E-state index < -0.39 is 0 Å². The molecule has 0 aliphatic carbocycles. The molecule has 1 saturated heterocycles. The van der Waals surface area contributed by atoms with Crippen molar-refractivity contribution in [2.45, 2.75) is 17.9 Å². The van der Waals surface area contributed by atoms with Gasteiger partial charge in [0.25, 0.3) is 5.91 Å². The number of halogens is 2. The molecule has 2 amide bonds. The van der Waals surface area contributed by atoms with Crippen LogP contribution in [-0.2, 0) is 16.0 Å². The van der Waals surface area contributed by atoms with Gasteiger partial charge in [-0.25, -0.2) is 4.98 Å². The third-order valence-corrected chi connectivity index (χ3v) is 7.19. The summed E-state index contributed by atoms with van der Waals surface area (Å²) in [5.74, 6) is -0.251. The minimum atomic E-state index is -0.225. The molecule has 35 heavy (non-hydrogen) atoms. The van der Waals surface area contributed by atoms with Crippen LogP contribution < -0.4 is 5.32 Å². The number of hydrogen-bond donors (Lipinski definition) is 1. The van der Waals surface area contributed by atoms with E-state index in [9.17, 15) is 9.59 Å². The van der Waals surface area contributed by atoms with Gasteiger partial charge in [-0.15, -0.1) is 24.8 Å². The number of amides is 2. The maximum absolute atomic E-state index is 12.8. The molecule has 2 aliphatic heterocycles. The van der Waals surface area contributed by atoms with E-state index in [0.717, 1.165) is 55.4 Å². The van der Waals surface area contributed by atoms with E-state index in [1.54, 1.807) is 6.20 Å². The summed E-state index contributed by atoms with van der Waals surface area (Å²) in [7, 11) is 0. The van der Waals surface area contributed by atoms with Crippen molar-refractivity contribution in [3.05, 3.63) is 70.9 Å². The number of hydrogen-bond acceptors (Lipinski definition) is 5. The molecular weight excluding hydrogens is 505 g/mol. The maximum Gasteiger partial charge on any atom is 0.258 e. The van der Waals surface area contributed by atoms with Crippen molar-refractivity contribution in [3.8, 4) is 0 Å². The van der Waals surface area contributed by atoms with E-state index >= 15 is 0 Å². The molecule has 7 nitrogen and oxygen atoms in total. The van der Waals surface area contributed by atoms with E-state index in [1.807, 2.05) is 39.6 Å². The van der Waals surface area contributed by atoms with Gasteiger partial charge in [0.1, 0.15) is 5.65 Å². The number of aromatic nitrogens is 2. The third-order valence-electron chi connectivity index (χ3n) is 6.14. The lowest BCUT2D eigenvalue weighted by atomic mass is 10.1. The molecule has 3 aromatic rings. The van der Waals surface area contributed by atoms with Crippen LogP contribution in [0, 0.1) is 0 Å². The first-order valence-electron chi connectivity index (χ1n) is 11.4. The predicted molar refractivity (Wildman–Crippen MR) is 144 cm³/mol. The number of pyridine rings is 1. The number of benzene rings is 1. The SMILES string of the molecule is Cl.Cl.O=C(NCC(=O)N1CCCN(CCc2ccccc2)CC1)C1=Cc2cnc3cccc(n23)S1. The lowest BCUT2D eigenvalue weighted by Crippen LogP contribution is -2.42. The van der Waals surface area contributed by atoms with Gasteiger partial charge in [0.15, 0.2) is 0 Å². The van der Waals surface area contributed by atoms with Gasteiger partial charge in [0.2, 0.25) is 5.91 Å². The van der Waals surface area contributed by atoms with Crippen LogP contribution in [-0.4, -0.2) is 70.3 Å². The summed E-state index contributed by atoms with van der Waals surface area (Å²) < 4.78 is 2.02. The number of thioether (sulfide) groups is 1. The number of imidazole rings is 1. The highest BCUT2D eigenvalue weighted by atomic mass is 35.5. The summed E-state index contributed by atoms with van der Waals surface area (Å²) in [5.41, 5.74) is 3.07. The Morgan fingerprint density at radius 1 is 0.971 bits per heavy atom. The monoisotopic (exact) mass is 533 g/mol. The zero-order valence-electron chi connectivity index (χ0n) is 19.3. The minimum Gasteiger partial charge on any atom is -0.343 e. The van der Waals surface area contributed by atoms with Gasteiger partial charge < -0.3 is 15.1 Å². The van der Waals surface area contributed by atoms with Crippen LogP contribution in [0.3, 0.4) is 0 Å². The fourth-order valence-corrected chi connectivity index (χ4v) is 5.34. The van der Waals surface area contributed by atoms with Crippen LogP contribution in [0.15, 0.2) is 64.7 Å². The first-order valence-corrected chi connectivity index (χ1v) is 12.2. The smallest absolute Gasteiger partial charge is 0.258 e. The Labute approximate surface area is 221 Å². The van der Waals surface area contributed by atoms with Crippen LogP contribution >= 0.6 is 36.6 Å². The van der Waals surface area contributed by atoms with Gasteiger partial charge in [-0.2, -0.15) is 0 Å². The molecular formula is C25H29Cl2N5O2S. The molecule has 1 N–H and O–H groups in total. The Balaban J connectivity index is 0.00000171. The normalized spacial score (nSPS) is 15.4. The second-order valence-electron chi connectivity index (χ2n) is 8.35. The molecule has 0 radical (unpaired) electrons. The summed E-state index contributed by atoms with van der Waals surface area (Å²) >= 11 is 1.40. The van der Waals surface area contributed by atoms with Crippen LogP contribution in [0.4, 0.5) is 0 Å². The number of carbonyl (C=O) groups excluding carboxylic acids is 2. The molecule has 1 fully saturated rings. The molecule has 0 bridgehead atoms. The number of nitrogens with one attached hydrogen (secondary N) is 1. The fraction of sp³-hybridized carbons (Fsp3) is 0.320. The lowest BCUT2D eigenvalue weighted by Gasteiger charge is -2.22. The first kappa shape index (κ1) is 27.1. The summed E-state index contributed by atoms with van der Waals surface area (Å²) in [6, 6.07) is 16.3. The van der Waals surface area contributed by atoms with Crippen LogP contribution in [0.2, 0.25) is 0 Å². The average molecular weight is 535 g/mol. The molecule has 10 heteroatoms. The molecule has 2 aromatic heterocycles. The Kier molecular flexibility index (Phi) is 9.63. The van der Waals surface area contributed by atoms with Gasteiger partial charge >= 0.3 is 0 Å². The first-order chi connectivity index (χ1) is 16.2. The third kappa shape index (κ3) is 6.38. The predicted octanol–water partition coefficient (Wildman–Crippen LogP) is 3.52. The highest BCUT2D eigenvalue weighted by Crippen LogP contribution is 2.34. The highest BCUT2D eigenvalue weighted by Gasteiger charge is 2.23. The van der Waals surface area contributed by atoms with Crippen molar-refractivity contribution in [2.24, 2.45) is 0 Å². The molecule has 1 aromatic carbocycles. The quantitative estimate of drug-likeness (QED) is 0.524. The number of carbonyl (C=O) groups is 2. The number of rotatable bonds is 6. The molecule has 186 valence electrons. The van der Waals surface area contributed by atoms with Gasteiger partial charge in [-0.1, -0.05) is 48.2 Å². The Morgan fingerprint density at radius 2 is 1.80 bits per heavy atom. The molecule has 0 unspecified atom stereocenters. The zero-order valence-corrected chi connectivity index (χ0v) is 21.7. The van der Waals surface area contributed by atoms with Crippen molar-refractivity contribution in [1.29, 1.82) is 0 Å². The Hall–Kier alpha value is -2.52. The van der Waals surface area contributed by atoms with Gasteiger partial charge in [-0.3, -0.25) is 14.0 Å². The van der Waals surface area contributed by atoms with Crippen molar-refractivity contribution < 1.29 is 9.59 Å². The van der Waals surface area contributed by atoms with Crippen molar-refractivity contribution >= 4 is 60.1 Å². The van der Waals surface area contributed by atoms with Gasteiger partial charge in [0, 0.05) is 26.2 Å². The summed E-state index contributed by atoms with van der Waals surface area (Å²) in [6.45, 7) is 4.30. The van der Waals surface area contributed by atoms with Crippen molar-refractivity contribution in [1.82, 2.24) is 24.5 Å². The van der Waals surface area contributed by atoms with E-state index in [-0.39, 0.29) is 43.2 Å². The molecule has 2 aliphatic rings. The van der Waals surface area contributed by atoms with E-state index in [0.29, 0.717) is 11.4 Å². The van der Waals surface area contributed by atoms with Crippen LogP contribution in [0.5, 0.6) is 0 Å². The molecule has 0 atom stereocenters. The summed E-state index contributed by atoms with van der Waals surface area (Å²) in [4.78, 5) is 34.8. The average Bonchev–Trinajstić information content (AvgIpc) is 3.12. The molecule has 4 heterocycles. The highest BCUT2D eigenvalue weighted by molar-refractivity contribution is 8.04. The van der Waals surface area contributed by atoms with Crippen molar-refractivity contribution in [3.63, 3.8) is 0 Å². The second kappa shape index (κ2) is 12.4. The Bertz CT molecular complexity index is 1200. The molecule has 0 spiro atoms. The topological polar surface area (TPSA) is 70.0 Å².